The number of hydrogen-bond acceptors (Lipinski definition) is 3. The van der Waals surface area contributed by atoms with E-state index in [1.807, 2.05) is 67.7 Å². The second-order valence-electron chi connectivity index (χ2n) is 6.29. The van der Waals surface area contributed by atoms with Crippen LogP contribution in [0.15, 0.2) is 73.1 Å². The molecule has 0 aliphatic heterocycles. The molecule has 1 unspecified atom stereocenters. The monoisotopic (exact) mass is 361 g/mol. The van der Waals surface area contributed by atoms with E-state index in [2.05, 4.69) is 5.10 Å². The summed E-state index contributed by atoms with van der Waals surface area (Å²) in [5.41, 5.74) is 2.91. The molecule has 0 N–H and O–H groups in total. The lowest BCUT2D eigenvalue weighted by molar-refractivity contribution is -0.126. The van der Waals surface area contributed by atoms with Gasteiger partial charge in [-0.1, -0.05) is 30.3 Å². The van der Waals surface area contributed by atoms with Crippen molar-refractivity contribution in [2.75, 3.05) is 14.2 Å². The SMILES string of the molecule is COc1ccc(C(C)N(C)C(=O)/C=C/c2cnn(-c3ccccc3)c2)cc1. The number of hydrogen-bond donors (Lipinski definition) is 0. The molecule has 2 aromatic carbocycles. The molecule has 5 heteroatoms. The quantitative estimate of drug-likeness (QED) is 0.621. The Bertz CT molecular complexity index is 914. The number of rotatable bonds is 6. The van der Waals surface area contributed by atoms with Crippen LogP contribution in [0, 0.1) is 0 Å². The third kappa shape index (κ3) is 4.44. The Morgan fingerprint density at radius 1 is 1.15 bits per heavy atom. The predicted molar refractivity (Wildman–Crippen MR) is 107 cm³/mol. The Balaban J connectivity index is 1.66. The molecule has 3 aromatic rings. The van der Waals surface area contributed by atoms with E-state index in [0.29, 0.717) is 0 Å². The molecular weight excluding hydrogens is 338 g/mol. The maximum atomic E-state index is 12.5. The number of ether oxygens (including phenoxy) is 1. The van der Waals surface area contributed by atoms with Crippen LogP contribution in [-0.2, 0) is 4.79 Å². The number of methoxy groups -OCH3 is 1. The van der Waals surface area contributed by atoms with Gasteiger partial charge in [0.05, 0.1) is 25.0 Å². The van der Waals surface area contributed by atoms with Crippen LogP contribution in [0.5, 0.6) is 5.75 Å². The first-order chi connectivity index (χ1) is 13.1. The van der Waals surface area contributed by atoms with Crippen molar-refractivity contribution in [3.63, 3.8) is 0 Å². The second-order valence-corrected chi connectivity index (χ2v) is 6.29. The Labute approximate surface area is 159 Å². The van der Waals surface area contributed by atoms with Gasteiger partial charge in [0, 0.05) is 24.9 Å². The minimum Gasteiger partial charge on any atom is -0.497 e. The van der Waals surface area contributed by atoms with Crippen LogP contribution in [0.25, 0.3) is 11.8 Å². The molecule has 0 saturated heterocycles. The first-order valence-corrected chi connectivity index (χ1v) is 8.77. The fourth-order valence-electron chi connectivity index (χ4n) is 2.73. The van der Waals surface area contributed by atoms with Gasteiger partial charge >= 0.3 is 0 Å². The number of benzene rings is 2. The summed E-state index contributed by atoms with van der Waals surface area (Å²) in [7, 11) is 3.44. The van der Waals surface area contributed by atoms with Gasteiger partial charge in [0.15, 0.2) is 0 Å². The van der Waals surface area contributed by atoms with E-state index >= 15 is 0 Å². The minimum atomic E-state index is -0.0641. The molecule has 0 spiro atoms. The van der Waals surface area contributed by atoms with Gasteiger partial charge in [0.1, 0.15) is 5.75 Å². The summed E-state index contributed by atoms with van der Waals surface area (Å²) < 4.78 is 6.96. The summed E-state index contributed by atoms with van der Waals surface area (Å²) in [6, 6.07) is 17.6. The minimum absolute atomic E-state index is 0.0416. The molecule has 1 atom stereocenters. The van der Waals surface area contributed by atoms with Gasteiger partial charge in [0.2, 0.25) is 5.91 Å². The van der Waals surface area contributed by atoms with Crippen LogP contribution in [0.4, 0.5) is 0 Å². The summed E-state index contributed by atoms with van der Waals surface area (Å²) in [5.74, 6) is 0.737. The van der Waals surface area contributed by atoms with E-state index in [9.17, 15) is 4.79 Å². The summed E-state index contributed by atoms with van der Waals surface area (Å²) in [4.78, 5) is 14.2. The zero-order chi connectivity index (χ0) is 19.2. The Morgan fingerprint density at radius 2 is 1.85 bits per heavy atom. The standard InChI is InChI=1S/C22H23N3O2/c1-17(19-10-12-21(27-3)13-11-19)24(2)22(26)14-9-18-15-23-25(16-18)20-7-5-4-6-8-20/h4-17H,1-3H3/b14-9+. The molecular formula is C22H23N3O2. The van der Waals surface area contributed by atoms with Gasteiger partial charge in [-0.3, -0.25) is 4.79 Å². The summed E-state index contributed by atoms with van der Waals surface area (Å²) in [6.45, 7) is 2.00. The molecule has 1 heterocycles. The van der Waals surface area contributed by atoms with E-state index in [4.69, 9.17) is 4.74 Å². The van der Waals surface area contributed by atoms with Crippen LogP contribution in [0.1, 0.15) is 24.1 Å². The van der Waals surface area contributed by atoms with Crippen LogP contribution in [0.2, 0.25) is 0 Å². The van der Waals surface area contributed by atoms with E-state index in [1.165, 1.54) is 0 Å². The lowest BCUT2D eigenvalue weighted by Gasteiger charge is -2.24. The van der Waals surface area contributed by atoms with Gasteiger partial charge in [0.25, 0.3) is 0 Å². The second kappa shape index (κ2) is 8.36. The average Bonchev–Trinajstić information content (AvgIpc) is 3.20. The van der Waals surface area contributed by atoms with Crippen molar-refractivity contribution in [1.29, 1.82) is 0 Å². The van der Waals surface area contributed by atoms with Crippen LogP contribution >= 0.6 is 0 Å². The number of carbonyl (C=O) groups is 1. The predicted octanol–water partition coefficient (Wildman–Crippen LogP) is 4.11. The van der Waals surface area contributed by atoms with Crippen molar-refractivity contribution in [2.24, 2.45) is 0 Å². The molecule has 1 amide bonds. The highest BCUT2D eigenvalue weighted by molar-refractivity contribution is 5.91. The number of likely N-dealkylation sites (N-methyl/N-ethyl adjacent to an activating group) is 1. The highest BCUT2D eigenvalue weighted by Crippen LogP contribution is 2.22. The molecule has 0 saturated carbocycles. The average molecular weight is 361 g/mol. The number of aromatic nitrogens is 2. The first kappa shape index (κ1) is 18.5. The molecule has 0 bridgehead atoms. The van der Waals surface area contributed by atoms with Crippen LogP contribution < -0.4 is 4.74 Å². The van der Waals surface area contributed by atoms with Crippen LogP contribution in [-0.4, -0.2) is 34.7 Å². The van der Waals surface area contributed by atoms with Gasteiger partial charge < -0.3 is 9.64 Å². The lowest BCUT2D eigenvalue weighted by Crippen LogP contribution is -2.27. The van der Waals surface area contributed by atoms with Gasteiger partial charge in [-0.05, 0) is 42.8 Å². The summed E-state index contributed by atoms with van der Waals surface area (Å²) >= 11 is 0. The summed E-state index contributed by atoms with van der Waals surface area (Å²) in [5, 5.41) is 4.34. The highest BCUT2D eigenvalue weighted by atomic mass is 16.5. The molecule has 5 nitrogen and oxygen atoms in total. The molecule has 0 radical (unpaired) electrons. The maximum Gasteiger partial charge on any atom is 0.246 e. The number of amides is 1. The molecule has 138 valence electrons. The van der Waals surface area contributed by atoms with Crippen molar-refractivity contribution in [3.05, 3.63) is 84.2 Å². The fraction of sp³-hybridized carbons (Fsp3) is 0.182. The Kier molecular flexibility index (Phi) is 5.71. The van der Waals surface area contributed by atoms with E-state index in [1.54, 1.807) is 42.1 Å². The van der Waals surface area contributed by atoms with E-state index in [-0.39, 0.29) is 11.9 Å². The lowest BCUT2D eigenvalue weighted by atomic mass is 10.1. The fourth-order valence-corrected chi connectivity index (χ4v) is 2.73. The van der Waals surface area contributed by atoms with Crippen molar-refractivity contribution < 1.29 is 9.53 Å². The number of carbonyl (C=O) groups excluding carboxylic acids is 1. The smallest absolute Gasteiger partial charge is 0.246 e. The molecule has 0 aliphatic rings. The van der Waals surface area contributed by atoms with Crippen molar-refractivity contribution >= 4 is 12.0 Å². The van der Waals surface area contributed by atoms with E-state index in [0.717, 1.165) is 22.6 Å². The molecule has 0 aliphatic carbocycles. The molecule has 27 heavy (non-hydrogen) atoms. The summed E-state index contributed by atoms with van der Waals surface area (Å²) in [6.07, 6.45) is 6.99. The first-order valence-electron chi connectivity index (χ1n) is 8.77. The van der Waals surface area contributed by atoms with Gasteiger partial charge in [-0.15, -0.1) is 0 Å². The molecule has 3 rings (SSSR count). The molecule has 0 fully saturated rings. The van der Waals surface area contributed by atoms with Crippen molar-refractivity contribution in [2.45, 2.75) is 13.0 Å². The maximum absolute atomic E-state index is 12.5. The van der Waals surface area contributed by atoms with Crippen LogP contribution in [0.3, 0.4) is 0 Å². The highest BCUT2D eigenvalue weighted by Gasteiger charge is 2.15. The molecule has 1 aromatic heterocycles. The Hall–Kier alpha value is -3.34. The zero-order valence-corrected chi connectivity index (χ0v) is 15.7. The number of nitrogens with zero attached hydrogens (tertiary/aromatic N) is 3. The largest absolute Gasteiger partial charge is 0.497 e. The van der Waals surface area contributed by atoms with Crippen molar-refractivity contribution in [3.8, 4) is 11.4 Å². The zero-order valence-electron chi connectivity index (χ0n) is 15.7. The third-order valence-electron chi connectivity index (χ3n) is 4.57. The third-order valence-corrected chi connectivity index (χ3v) is 4.57. The number of para-hydroxylation sites is 1. The van der Waals surface area contributed by atoms with Gasteiger partial charge in [-0.25, -0.2) is 4.68 Å². The van der Waals surface area contributed by atoms with Crippen molar-refractivity contribution in [1.82, 2.24) is 14.7 Å². The Morgan fingerprint density at radius 3 is 2.52 bits per heavy atom. The normalized spacial score (nSPS) is 12.1. The topological polar surface area (TPSA) is 47.4 Å². The van der Waals surface area contributed by atoms with Gasteiger partial charge in [-0.2, -0.15) is 5.10 Å². The van der Waals surface area contributed by atoms with E-state index < -0.39 is 0 Å².